The normalized spacial score (nSPS) is 11.6. The Morgan fingerprint density at radius 2 is 1.93 bits per heavy atom. The summed E-state index contributed by atoms with van der Waals surface area (Å²) in [4.78, 5) is 24.6. The van der Waals surface area contributed by atoms with Crippen molar-refractivity contribution in [3.05, 3.63) is 35.2 Å². The van der Waals surface area contributed by atoms with E-state index < -0.39 is 18.0 Å². The lowest BCUT2D eigenvalue weighted by atomic mass is 10.1. The Kier molecular flexibility index (Phi) is 7.03. The van der Waals surface area contributed by atoms with Crippen LogP contribution in [-0.4, -0.2) is 42.0 Å². The van der Waals surface area contributed by atoms with E-state index in [1.807, 2.05) is 20.9 Å². The summed E-state index contributed by atoms with van der Waals surface area (Å²) >= 11 is 0. The van der Waals surface area contributed by atoms with Crippen molar-refractivity contribution >= 4 is 17.6 Å². The number of benzene rings is 1. The predicted molar refractivity (Wildman–Crippen MR) is 105 cm³/mol. The highest BCUT2D eigenvalue weighted by atomic mass is 16.5. The lowest BCUT2D eigenvalue weighted by Gasteiger charge is -2.16. The highest BCUT2D eigenvalue weighted by Gasteiger charge is 2.20. The van der Waals surface area contributed by atoms with E-state index in [1.165, 1.54) is 21.1 Å². The van der Waals surface area contributed by atoms with Gasteiger partial charge in [-0.3, -0.25) is 14.3 Å². The van der Waals surface area contributed by atoms with Gasteiger partial charge >= 0.3 is 5.97 Å². The molecule has 1 heterocycles. The number of esters is 1. The SMILES string of the molecule is COc1ccc(OC)c(NC(=O)C(C)OC(=O)CCc2c(C)nn(C)c2C)c1. The molecule has 2 rings (SSSR count). The molecule has 8 heteroatoms. The zero-order valence-electron chi connectivity index (χ0n) is 17.2. The summed E-state index contributed by atoms with van der Waals surface area (Å²) in [5.41, 5.74) is 3.37. The maximum absolute atomic E-state index is 12.4. The van der Waals surface area contributed by atoms with Gasteiger partial charge < -0.3 is 19.5 Å². The number of carbonyl (C=O) groups excluding carboxylic acids is 2. The molecule has 1 amide bonds. The van der Waals surface area contributed by atoms with E-state index in [9.17, 15) is 9.59 Å². The highest BCUT2D eigenvalue weighted by molar-refractivity contribution is 5.96. The van der Waals surface area contributed by atoms with E-state index in [2.05, 4.69) is 10.4 Å². The summed E-state index contributed by atoms with van der Waals surface area (Å²) in [7, 11) is 4.90. The van der Waals surface area contributed by atoms with Gasteiger partial charge in [0.25, 0.3) is 5.91 Å². The standard InChI is InChI=1S/C20H27N3O5/c1-12-16(13(2)23(4)22-12)8-10-19(24)28-14(3)20(25)21-17-11-15(26-5)7-9-18(17)27-6/h7,9,11,14H,8,10H2,1-6H3,(H,21,25). The molecule has 28 heavy (non-hydrogen) atoms. The molecule has 1 aromatic heterocycles. The number of amides is 1. The molecule has 0 saturated carbocycles. The zero-order chi connectivity index (χ0) is 20.8. The fourth-order valence-corrected chi connectivity index (χ4v) is 2.86. The lowest BCUT2D eigenvalue weighted by molar-refractivity contribution is -0.153. The Morgan fingerprint density at radius 1 is 1.21 bits per heavy atom. The topological polar surface area (TPSA) is 91.7 Å². The van der Waals surface area contributed by atoms with Gasteiger partial charge in [0.1, 0.15) is 11.5 Å². The largest absolute Gasteiger partial charge is 0.497 e. The molecule has 2 aromatic rings. The van der Waals surface area contributed by atoms with Crippen LogP contribution in [0.4, 0.5) is 5.69 Å². The molecule has 0 aliphatic heterocycles. The number of nitrogens with one attached hydrogen (secondary N) is 1. The third-order valence-corrected chi connectivity index (χ3v) is 4.58. The van der Waals surface area contributed by atoms with Crippen molar-refractivity contribution in [2.75, 3.05) is 19.5 Å². The minimum Gasteiger partial charge on any atom is -0.497 e. The van der Waals surface area contributed by atoms with Gasteiger partial charge in [0.05, 0.1) is 25.6 Å². The number of carbonyl (C=O) groups is 2. The minimum absolute atomic E-state index is 0.174. The minimum atomic E-state index is -0.945. The molecule has 0 aliphatic rings. The first-order valence-corrected chi connectivity index (χ1v) is 8.98. The van der Waals surface area contributed by atoms with Gasteiger partial charge in [0.2, 0.25) is 0 Å². The Labute approximate surface area is 164 Å². The Bertz CT molecular complexity index is 860. The fraction of sp³-hybridized carbons (Fsp3) is 0.450. The van der Waals surface area contributed by atoms with Gasteiger partial charge in [-0.1, -0.05) is 0 Å². The molecule has 0 aliphatic carbocycles. The number of hydrogen-bond acceptors (Lipinski definition) is 6. The van der Waals surface area contributed by atoms with Crippen molar-refractivity contribution in [2.24, 2.45) is 7.05 Å². The van der Waals surface area contributed by atoms with Crippen LogP contribution in [-0.2, 0) is 27.8 Å². The molecule has 0 radical (unpaired) electrons. The summed E-state index contributed by atoms with van der Waals surface area (Å²) in [6, 6.07) is 5.04. The zero-order valence-corrected chi connectivity index (χ0v) is 17.2. The first kappa shape index (κ1) is 21.3. The van der Waals surface area contributed by atoms with Crippen molar-refractivity contribution in [2.45, 2.75) is 39.7 Å². The van der Waals surface area contributed by atoms with Crippen LogP contribution in [0.15, 0.2) is 18.2 Å². The molecule has 152 valence electrons. The van der Waals surface area contributed by atoms with Crippen LogP contribution in [0.2, 0.25) is 0 Å². The molecule has 0 spiro atoms. The van der Waals surface area contributed by atoms with Crippen molar-refractivity contribution in [3.8, 4) is 11.5 Å². The van der Waals surface area contributed by atoms with Gasteiger partial charge in [0.15, 0.2) is 6.10 Å². The summed E-state index contributed by atoms with van der Waals surface area (Å²) in [5, 5.41) is 7.04. The number of aromatic nitrogens is 2. The quantitative estimate of drug-likeness (QED) is 0.698. The van der Waals surface area contributed by atoms with Crippen LogP contribution in [0, 0.1) is 13.8 Å². The lowest BCUT2D eigenvalue weighted by Crippen LogP contribution is -2.30. The average molecular weight is 389 g/mol. The van der Waals surface area contributed by atoms with Gasteiger partial charge in [0, 0.05) is 25.2 Å². The Hall–Kier alpha value is -3.03. The number of methoxy groups -OCH3 is 2. The summed E-state index contributed by atoms with van der Waals surface area (Å²) in [6.45, 7) is 5.39. The predicted octanol–water partition coefficient (Wildman–Crippen LogP) is 2.56. The van der Waals surface area contributed by atoms with E-state index in [0.717, 1.165) is 17.0 Å². The molecule has 0 fully saturated rings. The molecule has 8 nitrogen and oxygen atoms in total. The molecule has 1 unspecified atom stereocenters. The number of anilines is 1. The summed E-state index contributed by atoms with van der Waals surface area (Å²) in [6.07, 6.45) is -0.255. The summed E-state index contributed by atoms with van der Waals surface area (Å²) < 4.78 is 17.4. The van der Waals surface area contributed by atoms with E-state index in [1.54, 1.807) is 22.9 Å². The maximum atomic E-state index is 12.4. The highest BCUT2D eigenvalue weighted by Crippen LogP contribution is 2.29. The molecular weight excluding hydrogens is 362 g/mol. The smallest absolute Gasteiger partial charge is 0.306 e. The molecule has 0 saturated heterocycles. The summed E-state index contributed by atoms with van der Waals surface area (Å²) in [5.74, 6) is 0.162. The fourth-order valence-electron chi connectivity index (χ4n) is 2.86. The van der Waals surface area contributed by atoms with Gasteiger partial charge in [-0.25, -0.2) is 0 Å². The van der Waals surface area contributed by atoms with Gasteiger partial charge in [-0.2, -0.15) is 5.10 Å². The number of rotatable bonds is 8. The second-order valence-corrected chi connectivity index (χ2v) is 6.46. The average Bonchev–Trinajstić information content (AvgIpc) is 2.91. The Balaban J connectivity index is 1.94. The van der Waals surface area contributed by atoms with E-state index in [0.29, 0.717) is 23.6 Å². The van der Waals surface area contributed by atoms with E-state index >= 15 is 0 Å². The molecule has 1 N–H and O–H groups in total. The van der Waals surface area contributed by atoms with Crippen LogP contribution in [0.3, 0.4) is 0 Å². The van der Waals surface area contributed by atoms with Gasteiger partial charge in [-0.05, 0) is 44.9 Å². The molecule has 0 bridgehead atoms. The molecule has 1 aromatic carbocycles. The molecular formula is C20H27N3O5. The number of aryl methyl sites for hydroxylation is 2. The van der Waals surface area contributed by atoms with Crippen molar-refractivity contribution < 1.29 is 23.8 Å². The van der Waals surface area contributed by atoms with Crippen LogP contribution < -0.4 is 14.8 Å². The second-order valence-electron chi connectivity index (χ2n) is 6.46. The third kappa shape index (κ3) is 5.03. The molecule has 1 atom stereocenters. The maximum Gasteiger partial charge on any atom is 0.306 e. The first-order chi connectivity index (χ1) is 13.3. The van der Waals surface area contributed by atoms with Crippen molar-refractivity contribution in [3.63, 3.8) is 0 Å². The van der Waals surface area contributed by atoms with Crippen LogP contribution in [0.5, 0.6) is 11.5 Å². The van der Waals surface area contributed by atoms with Gasteiger partial charge in [-0.15, -0.1) is 0 Å². The number of ether oxygens (including phenoxy) is 3. The first-order valence-electron chi connectivity index (χ1n) is 8.98. The number of nitrogens with zero attached hydrogens (tertiary/aromatic N) is 2. The van der Waals surface area contributed by atoms with Crippen LogP contribution >= 0.6 is 0 Å². The number of hydrogen-bond donors (Lipinski definition) is 1. The van der Waals surface area contributed by atoms with E-state index in [4.69, 9.17) is 14.2 Å². The van der Waals surface area contributed by atoms with E-state index in [-0.39, 0.29) is 6.42 Å². The van der Waals surface area contributed by atoms with Crippen LogP contribution in [0.25, 0.3) is 0 Å². The van der Waals surface area contributed by atoms with Crippen LogP contribution in [0.1, 0.15) is 30.3 Å². The third-order valence-electron chi connectivity index (χ3n) is 4.58. The van der Waals surface area contributed by atoms with Crippen molar-refractivity contribution in [1.29, 1.82) is 0 Å². The Morgan fingerprint density at radius 3 is 2.50 bits per heavy atom. The monoisotopic (exact) mass is 389 g/mol. The van der Waals surface area contributed by atoms with Crippen molar-refractivity contribution in [1.82, 2.24) is 9.78 Å². The second kappa shape index (κ2) is 9.25.